The van der Waals surface area contributed by atoms with Crippen molar-refractivity contribution in [3.63, 3.8) is 0 Å². The van der Waals surface area contributed by atoms with E-state index in [0.29, 0.717) is 37.1 Å². The maximum Gasteiger partial charge on any atom is 0.305 e. The zero-order chi connectivity index (χ0) is 25.1. The first kappa shape index (κ1) is 26.7. The SMILES string of the molecule is CC(C)(C)Cc1nc2cc(Br)ccc2n1CC1(O)CCOCC1.O=[N+]([O-])c1cc(Br)ccc1F. The van der Waals surface area contributed by atoms with Gasteiger partial charge in [-0.05, 0) is 35.7 Å². The summed E-state index contributed by atoms with van der Waals surface area (Å²) >= 11 is 6.52. The van der Waals surface area contributed by atoms with Gasteiger partial charge in [0.15, 0.2) is 0 Å². The van der Waals surface area contributed by atoms with Crippen LogP contribution in [0, 0.1) is 21.3 Å². The fourth-order valence-electron chi connectivity index (χ4n) is 3.77. The van der Waals surface area contributed by atoms with Gasteiger partial charge >= 0.3 is 5.69 Å². The Morgan fingerprint density at radius 2 is 1.79 bits per heavy atom. The van der Waals surface area contributed by atoms with E-state index < -0.39 is 22.0 Å². The minimum Gasteiger partial charge on any atom is -0.388 e. The van der Waals surface area contributed by atoms with Crippen LogP contribution < -0.4 is 0 Å². The lowest BCUT2D eigenvalue weighted by Gasteiger charge is -2.33. The molecule has 0 aliphatic carbocycles. The number of aromatic nitrogens is 2. The first-order chi connectivity index (χ1) is 15.9. The Hall–Kier alpha value is -1.88. The largest absolute Gasteiger partial charge is 0.388 e. The molecular formula is C24H28Br2FN3O4. The highest BCUT2D eigenvalue weighted by molar-refractivity contribution is 9.10. The lowest BCUT2D eigenvalue weighted by atomic mass is 9.91. The molecule has 34 heavy (non-hydrogen) atoms. The molecular weight excluding hydrogens is 573 g/mol. The molecule has 1 aromatic heterocycles. The van der Waals surface area contributed by atoms with Crippen LogP contribution >= 0.6 is 31.9 Å². The van der Waals surface area contributed by atoms with Crippen LogP contribution in [0.1, 0.15) is 39.4 Å². The molecule has 4 rings (SSSR count). The Kier molecular flexibility index (Phi) is 8.49. The van der Waals surface area contributed by atoms with Crippen LogP contribution in [0.2, 0.25) is 0 Å². The molecule has 1 aliphatic rings. The Morgan fingerprint density at radius 1 is 1.18 bits per heavy atom. The number of aliphatic hydroxyl groups is 1. The van der Waals surface area contributed by atoms with E-state index in [0.717, 1.165) is 39.9 Å². The van der Waals surface area contributed by atoms with Gasteiger partial charge in [0.05, 0.1) is 28.1 Å². The van der Waals surface area contributed by atoms with Crippen LogP contribution in [0.3, 0.4) is 0 Å². The molecule has 2 aromatic carbocycles. The van der Waals surface area contributed by atoms with Crippen LogP contribution in [0.5, 0.6) is 0 Å². The average Bonchev–Trinajstić information content (AvgIpc) is 3.04. The molecule has 7 nitrogen and oxygen atoms in total. The topological polar surface area (TPSA) is 90.4 Å². The zero-order valence-corrected chi connectivity index (χ0v) is 22.5. The van der Waals surface area contributed by atoms with E-state index in [1.54, 1.807) is 0 Å². The summed E-state index contributed by atoms with van der Waals surface area (Å²) in [7, 11) is 0. The van der Waals surface area contributed by atoms with E-state index in [-0.39, 0.29) is 5.41 Å². The summed E-state index contributed by atoms with van der Waals surface area (Å²) in [5.41, 5.74) is 1.00. The van der Waals surface area contributed by atoms with E-state index in [4.69, 9.17) is 9.72 Å². The average molecular weight is 601 g/mol. The summed E-state index contributed by atoms with van der Waals surface area (Å²) in [6.45, 7) is 8.49. The third-order valence-electron chi connectivity index (χ3n) is 5.46. The first-order valence-corrected chi connectivity index (χ1v) is 12.5. The lowest BCUT2D eigenvalue weighted by molar-refractivity contribution is -0.387. The van der Waals surface area contributed by atoms with Gasteiger partial charge in [-0.15, -0.1) is 0 Å². The predicted molar refractivity (Wildman–Crippen MR) is 136 cm³/mol. The summed E-state index contributed by atoms with van der Waals surface area (Å²) in [6, 6.07) is 9.74. The van der Waals surface area contributed by atoms with Crippen molar-refractivity contribution in [2.24, 2.45) is 5.41 Å². The van der Waals surface area contributed by atoms with Crippen molar-refractivity contribution >= 4 is 48.6 Å². The van der Waals surface area contributed by atoms with E-state index in [1.165, 1.54) is 6.07 Å². The summed E-state index contributed by atoms with van der Waals surface area (Å²) in [5, 5.41) is 21.1. The second-order valence-corrected chi connectivity index (χ2v) is 11.5. The standard InChI is InChI=1S/C18H25BrN2O2.C6H3BrFNO2/c1-17(2,3)11-16-20-14-10-13(19)4-5-15(14)21(16)12-18(22)6-8-23-9-7-18;7-4-1-2-5(8)6(3-4)9(10)11/h4-5,10,22H,6-9,11-12H2,1-3H3;1-3H. The van der Waals surface area contributed by atoms with Gasteiger partial charge in [-0.1, -0.05) is 52.6 Å². The summed E-state index contributed by atoms with van der Waals surface area (Å²) in [4.78, 5) is 14.2. The van der Waals surface area contributed by atoms with Gasteiger partial charge in [0, 0.05) is 47.5 Å². The Balaban J connectivity index is 0.000000248. The number of imidazole rings is 1. The van der Waals surface area contributed by atoms with Crippen LogP contribution in [0.4, 0.5) is 10.1 Å². The van der Waals surface area contributed by atoms with Crippen LogP contribution in [-0.4, -0.2) is 38.4 Å². The molecule has 0 spiro atoms. The molecule has 0 bridgehead atoms. The zero-order valence-electron chi connectivity index (χ0n) is 19.4. The number of fused-ring (bicyclic) bond motifs is 1. The van der Waals surface area contributed by atoms with Crippen LogP contribution in [0.25, 0.3) is 11.0 Å². The van der Waals surface area contributed by atoms with E-state index in [2.05, 4.69) is 63.3 Å². The molecule has 0 radical (unpaired) electrons. The molecule has 0 unspecified atom stereocenters. The normalized spacial score (nSPS) is 15.6. The highest BCUT2D eigenvalue weighted by Crippen LogP contribution is 2.30. The van der Waals surface area contributed by atoms with Gasteiger partial charge in [0.1, 0.15) is 5.82 Å². The van der Waals surface area contributed by atoms with Crippen molar-refractivity contribution < 1.29 is 19.2 Å². The number of hydrogen-bond donors (Lipinski definition) is 1. The summed E-state index contributed by atoms with van der Waals surface area (Å²) < 4.78 is 21.7. The number of benzene rings is 2. The second kappa shape index (κ2) is 10.8. The van der Waals surface area contributed by atoms with Gasteiger partial charge in [0.25, 0.3) is 0 Å². The summed E-state index contributed by atoms with van der Waals surface area (Å²) in [6.07, 6.45) is 2.24. The third kappa shape index (κ3) is 7.07. The lowest BCUT2D eigenvalue weighted by Crippen LogP contribution is -2.40. The highest BCUT2D eigenvalue weighted by Gasteiger charge is 2.32. The van der Waals surface area contributed by atoms with Crippen LogP contribution in [-0.2, 0) is 17.7 Å². The highest BCUT2D eigenvalue weighted by atomic mass is 79.9. The van der Waals surface area contributed by atoms with Gasteiger partial charge in [0.2, 0.25) is 5.82 Å². The van der Waals surface area contributed by atoms with Crippen molar-refractivity contribution in [1.29, 1.82) is 0 Å². The van der Waals surface area contributed by atoms with Gasteiger partial charge in [-0.3, -0.25) is 10.1 Å². The van der Waals surface area contributed by atoms with Gasteiger partial charge in [-0.2, -0.15) is 4.39 Å². The number of ether oxygens (including phenoxy) is 1. The molecule has 0 amide bonds. The van der Waals surface area contributed by atoms with Crippen molar-refractivity contribution in [3.05, 3.63) is 67.1 Å². The number of halogens is 3. The van der Waals surface area contributed by atoms with Crippen LogP contribution in [0.15, 0.2) is 45.3 Å². The van der Waals surface area contributed by atoms with Crippen molar-refractivity contribution in [1.82, 2.24) is 9.55 Å². The first-order valence-electron chi connectivity index (χ1n) is 10.9. The fraction of sp³-hybridized carbons (Fsp3) is 0.458. The summed E-state index contributed by atoms with van der Waals surface area (Å²) in [5.74, 6) is 0.226. The molecule has 2 heterocycles. The van der Waals surface area contributed by atoms with Gasteiger partial charge in [-0.25, -0.2) is 4.98 Å². The van der Waals surface area contributed by atoms with E-state index in [1.807, 2.05) is 12.1 Å². The van der Waals surface area contributed by atoms with Crippen molar-refractivity contribution in [2.45, 2.75) is 52.2 Å². The maximum absolute atomic E-state index is 12.6. The molecule has 0 atom stereocenters. The molecule has 10 heteroatoms. The van der Waals surface area contributed by atoms with Crippen molar-refractivity contribution in [3.8, 4) is 0 Å². The van der Waals surface area contributed by atoms with E-state index in [9.17, 15) is 19.6 Å². The number of rotatable bonds is 4. The molecule has 3 aromatic rings. The molecule has 1 fully saturated rings. The number of nitro benzene ring substituents is 1. The Labute approximate surface area is 214 Å². The minimum atomic E-state index is -0.821. The van der Waals surface area contributed by atoms with Gasteiger partial charge < -0.3 is 14.4 Å². The number of hydrogen-bond acceptors (Lipinski definition) is 5. The quantitative estimate of drug-likeness (QED) is 0.275. The van der Waals surface area contributed by atoms with Crippen molar-refractivity contribution in [2.75, 3.05) is 13.2 Å². The molecule has 1 saturated heterocycles. The monoisotopic (exact) mass is 599 g/mol. The molecule has 0 saturated carbocycles. The minimum absolute atomic E-state index is 0.147. The third-order valence-corrected chi connectivity index (χ3v) is 6.45. The fourth-order valence-corrected chi connectivity index (χ4v) is 4.47. The smallest absolute Gasteiger partial charge is 0.305 e. The van der Waals surface area contributed by atoms with E-state index >= 15 is 0 Å². The Morgan fingerprint density at radius 3 is 2.38 bits per heavy atom. The second-order valence-electron chi connectivity index (χ2n) is 9.67. The molecule has 1 aliphatic heterocycles. The molecule has 184 valence electrons. The Bertz CT molecular complexity index is 1170. The molecule has 1 N–H and O–H groups in total. The maximum atomic E-state index is 12.6. The number of nitro groups is 1. The number of nitrogens with zero attached hydrogens (tertiary/aromatic N) is 3. The predicted octanol–water partition coefficient (Wildman–Crippen LogP) is 6.43.